The third kappa shape index (κ3) is 2.84. The van der Waals surface area contributed by atoms with E-state index in [-0.39, 0.29) is 6.61 Å². The zero-order valence-corrected chi connectivity index (χ0v) is 9.60. The molecule has 0 aliphatic carbocycles. The minimum absolute atomic E-state index is 0.171. The van der Waals surface area contributed by atoms with Crippen molar-refractivity contribution >= 4 is 11.8 Å². The van der Waals surface area contributed by atoms with Gasteiger partial charge in [-0.3, -0.25) is 4.98 Å². The second-order valence-electron chi connectivity index (χ2n) is 3.27. The lowest BCUT2D eigenvalue weighted by atomic mass is 10.3. The summed E-state index contributed by atoms with van der Waals surface area (Å²) in [6, 6.07) is 3.96. The van der Waals surface area contributed by atoms with Crippen molar-refractivity contribution in [3.63, 3.8) is 0 Å². The van der Waals surface area contributed by atoms with Gasteiger partial charge < -0.3 is 9.67 Å². The highest BCUT2D eigenvalue weighted by molar-refractivity contribution is 7.99. The van der Waals surface area contributed by atoms with Gasteiger partial charge in [0.25, 0.3) is 0 Å². The molecule has 0 saturated heterocycles. The van der Waals surface area contributed by atoms with Gasteiger partial charge in [-0.1, -0.05) is 17.8 Å². The number of hydrogen-bond donors (Lipinski definition) is 1. The molecule has 0 aromatic carbocycles. The molecule has 0 saturated carbocycles. The lowest BCUT2D eigenvalue weighted by Crippen LogP contribution is -2.01. The van der Waals surface area contributed by atoms with Crippen molar-refractivity contribution in [2.24, 2.45) is 0 Å². The molecule has 4 nitrogen and oxygen atoms in total. The molecule has 1 N–H and O–H groups in total. The number of nitrogens with zero attached hydrogens (tertiary/aromatic N) is 3. The fourth-order valence-corrected chi connectivity index (χ4v) is 2.08. The van der Waals surface area contributed by atoms with Crippen LogP contribution >= 0.6 is 11.8 Å². The number of aromatic nitrogens is 3. The number of imidazole rings is 1. The SMILES string of the molecule is OCCSc1nccn1Cc1cccnc1. The summed E-state index contributed by atoms with van der Waals surface area (Å²) in [6.07, 6.45) is 7.32. The van der Waals surface area contributed by atoms with E-state index in [1.807, 2.05) is 24.5 Å². The molecule has 0 amide bonds. The normalized spacial score (nSPS) is 10.6. The maximum absolute atomic E-state index is 8.78. The molecule has 5 heteroatoms. The first-order chi connectivity index (χ1) is 7.90. The summed E-state index contributed by atoms with van der Waals surface area (Å²) in [6.45, 7) is 0.937. The standard InChI is InChI=1S/C11H13N3OS/c15-6-7-16-11-13-4-5-14(11)9-10-2-1-3-12-8-10/h1-5,8,15H,6-7,9H2. The Kier molecular flexibility index (Phi) is 3.96. The van der Waals surface area contributed by atoms with Crippen LogP contribution in [0.1, 0.15) is 5.56 Å². The molecule has 2 aromatic rings. The molecule has 0 bridgehead atoms. The van der Waals surface area contributed by atoms with Gasteiger partial charge in [0, 0.05) is 30.5 Å². The molecule has 0 atom stereocenters. The molecule has 16 heavy (non-hydrogen) atoms. The molecule has 2 aromatic heterocycles. The predicted octanol–water partition coefficient (Wildman–Crippen LogP) is 1.41. The van der Waals surface area contributed by atoms with E-state index < -0.39 is 0 Å². The van der Waals surface area contributed by atoms with Gasteiger partial charge in [-0.05, 0) is 11.6 Å². The molecular formula is C11H13N3OS. The summed E-state index contributed by atoms with van der Waals surface area (Å²) in [5.74, 6) is 0.671. The van der Waals surface area contributed by atoms with Crippen LogP contribution < -0.4 is 0 Å². The van der Waals surface area contributed by atoms with Crippen molar-refractivity contribution < 1.29 is 5.11 Å². The van der Waals surface area contributed by atoms with Gasteiger partial charge in [0.15, 0.2) is 5.16 Å². The third-order valence-electron chi connectivity index (χ3n) is 2.08. The largest absolute Gasteiger partial charge is 0.396 e. The van der Waals surface area contributed by atoms with Crippen LogP contribution in [0.15, 0.2) is 42.1 Å². The van der Waals surface area contributed by atoms with Crippen molar-refractivity contribution in [2.45, 2.75) is 11.7 Å². The van der Waals surface area contributed by atoms with Crippen molar-refractivity contribution in [1.82, 2.24) is 14.5 Å². The Bertz CT molecular complexity index is 430. The number of rotatable bonds is 5. The Morgan fingerprint density at radius 2 is 2.31 bits per heavy atom. The van der Waals surface area contributed by atoms with Crippen LogP contribution in [-0.4, -0.2) is 32.0 Å². The maximum Gasteiger partial charge on any atom is 0.168 e. The van der Waals surface area contributed by atoms with Crippen LogP contribution in [-0.2, 0) is 6.54 Å². The summed E-state index contributed by atoms with van der Waals surface area (Å²) < 4.78 is 2.05. The van der Waals surface area contributed by atoms with Crippen LogP contribution in [0, 0.1) is 0 Å². The second-order valence-corrected chi connectivity index (χ2v) is 4.33. The van der Waals surface area contributed by atoms with Gasteiger partial charge in [-0.2, -0.15) is 0 Å². The molecule has 0 aliphatic heterocycles. The van der Waals surface area contributed by atoms with E-state index in [0.717, 1.165) is 17.3 Å². The number of hydrogen-bond acceptors (Lipinski definition) is 4. The fourth-order valence-electron chi connectivity index (χ4n) is 1.38. The minimum atomic E-state index is 0.171. The molecule has 0 fully saturated rings. The van der Waals surface area contributed by atoms with Gasteiger partial charge in [-0.25, -0.2) is 4.98 Å². The molecule has 0 spiro atoms. The van der Waals surface area contributed by atoms with Gasteiger partial charge in [0.05, 0.1) is 13.2 Å². The Morgan fingerprint density at radius 3 is 3.06 bits per heavy atom. The summed E-state index contributed by atoms with van der Waals surface area (Å²) in [5, 5.41) is 9.71. The Labute approximate surface area is 98.4 Å². The van der Waals surface area contributed by atoms with Gasteiger partial charge in [0.1, 0.15) is 0 Å². The van der Waals surface area contributed by atoms with Crippen LogP contribution in [0.5, 0.6) is 0 Å². The van der Waals surface area contributed by atoms with E-state index in [9.17, 15) is 0 Å². The van der Waals surface area contributed by atoms with E-state index in [1.165, 1.54) is 0 Å². The quantitative estimate of drug-likeness (QED) is 0.796. The fraction of sp³-hybridized carbons (Fsp3) is 0.273. The highest BCUT2D eigenvalue weighted by atomic mass is 32.2. The van der Waals surface area contributed by atoms with Gasteiger partial charge >= 0.3 is 0 Å². The van der Waals surface area contributed by atoms with E-state index in [1.54, 1.807) is 24.2 Å². The van der Waals surface area contributed by atoms with Crippen molar-refractivity contribution in [3.05, 3.63) is 42.5 Å². The molecule has 84 valence electrons. The summed E-state index contributed by atoms with van der Waals surface area (Å²) in [5.41, 5.74) is 1.14. The summed E-state index contributed by atoms with van der Waals surface area (Å²) in [7, 11) is 0. The van der Waals surface area contributed by atoms with Crippen LogP contribution in [0.3, 0.4) is 0 Å². The smallest absolute Gasteiger partial charge is 0.168 e. The van der Waals surface area contributed by atoms with E-state index >= 15 is 0 Å². The van der Waals surface area contributed by atoms with Crippen LogP contribution in [0.2, 0.25) is 0 Å². The third-order valence-corrected chi connectivity index (χ3v) is 3.06. The zero-order valence-electron chi connectivity index (χ0n) is 8.78. The van der Waals surface area contributed by atoms with E-state index in [2.05, 4.69) is 14.5 Å². The monoisotopic (exact) mass is 235 g/mol. The number of aliphatic hydroxyl groups excluding tert-OH is 1. The van der Waals surface area contributed by atoms with Gasteiger partial charge in [0.2, 0.25) is 0 Å². The summed E-state index contributed by atoms with van der Waals surface area (Å²) in [4.78, 5) is 8.32. The molecule has 0 unspecified atom stereocenters. The van der Waals surface area contributed by atoms with Crippen LogP contribution in [0.4, 0.5) is 0 Å². The minimum Gasteiger partial charge on any atom is -0.396 e. The Balaban J connectivity index is 2.07. The summed E-state index contributed by atoms with van der Waals surface area (Å²) >= 11 is 1.55. The van der Waals surface area contributed by atoms with Gasteiger partial charge in [-0.15, -0.1) is 0 Å². The second kappa shape index (κ2) is 5.67. The van der Waals surface area contributed by atoms with Crippen molar-refractivity contribution in [2.75, 3.05) is 12.4 Å². The topological polar surface area (TPSA) is 50.9 Å². The average Bonchev–Trinajstić information content (AvgIpc) is 2.75. The van der Waals surface area contributed by atoms with Crippen molar-refractivity contribution in [1.29, 1.82) is 0 Å². The van der Waals surface area contributed by atoms with Crippen LogP contribution in [0.25, 0.3) is 0 Å². The first-order valence-electron chi connectivity index (χ1n) is 5.04. The molecule has 2 heterocycles. The molecular weight excluding hydrogens is 222 g/mol. The molecule has 0 aliphatic rings. The lowest BCUT2D eigenvalue weighted by molar-refractivity contribution is 0.322. The number of pyridine rings is 1. The predicted molar refractivity (Wildman–Crippen MR) is 63.4 cm³/mol. The number of aliphatic hydroxyl groups is 1. The number of thioether (sulfide) groups is 1. The first kappa shape index (κ1) is 11.2. The molecule has 0 radical (unpaired) electrons. The highest BCUT2D eigenvalue weighted by Crippen LogP contribution is 2.16. The first-order valence-corrected chi connectivity index (χ1v) is 6.02. The maximum atomic E-state index is 8.78. The van der Waals surface area contributed by atoms with Crippen molar-refractivity contribution in [3.8, 4) is 0 Å². The lowest BCUT2D eigenvalue weighted by Gasteiger charge is -2.06. The zero-order chi connectivity index (χ0) is 11.2. The molecule has 2 rings (SSSR count). The highest BCUT2D eigenvalue weighted by Gasteiger charge is 2.03. The van der Waals surface area contributed by atoms with E-state index in [0.29, 0.717) is 5.75 Å². The average molecular weight is 235 g/mol. The Morgan fingerprint density at radius 1 is 1.38 bits per heavy atom. The van der Waals surface area contributed by atoms with E-state index in [4.69, 9.17) is 5.11 Å². The Hall–Kier alpha value is -1.33.